The third-order valence-electron chi connectivity index (χ3n) is 3.19. The Labute approximate surface area is 149 Å². The maximum Gasteiger partial charge on any atom is 0.329 e. The number of halogens is 2. The molecular formula is C17H15Cl2N3O2. The van der Waals surface area contributed by atoms with Gasteiger partial charge in [-0.25, -0.2) is 5.43 Å². The molecule has 24 heavy (non-hydrogen) atoms. The van der Waals surface area contributed by atoms with Crippen LogP contribution >= 0.6 is 23.2 Å². The Balaban J connectivity index is 1.90. The monoisotopic (exact) mass is 363 g/mol. The maximum atomic E-state index is 11.8. The van der Waals surface area contributed by atoms with Gasteiger partial charge in [-0.1, -0.05) is 59.6 Å². The van der Waals surface area contributed by atoms with E-state index in [9.17, 15) is 9.59 Å². The molecule has 7 heteroatoms. The van der Waals surface area contributed by atoms with Crippen LogP contribution in [0, 0.1) is 0 Å². The third kappa shape index (κ3) is 5.08. The molecule has 2 rings (SSSR count). The van der Waals surface area contributed by atoms with Crippen LogP contribution in [0.5, 0.6) is 0 Å². The van der Waals surface area contributed by atoms with Crippen LogP contribution in [0.25, 0.3) is 0 Å². The molecule has 0 aliphatic carbocycles. The van der Waals surface area contributed by atoms with E-state index in [0.717, 1.165) is 5.56 Å². The fourth-order valence-corrected chi connectivity index (χ4v) is 2.36. The van der Waals surface area contributed by atoms with Gasteiger partial charge in [0.25, 0.3) is 0 Å². The van der Waals surface area contributed by atoms with Crippen molar-refractivity contribution >= 4 is 41.2 Å². The van der Waals surface area contributed by atoms with Crippen LogP contribution in [0.3, 0.4) is 0 Å². The van der Waals surface area contributed by atoms with Crippen LogP contribution in [0.1, 0.15) is 24.1 Å². The first-order valence-corrected chi connectivity index (χ1v) is 7.87. The number of hydrazone groups is 1. The lowest BCUT2D eigenvalue weighted by atomic mass is 10.1. The number of hydrogen-bond acceptors (Lipinski definition) is 3. The van der Waals surface area contributed by atoms with Crippen molar-refractivity contribution in [2.24, 2.45) is 5.10 Å². The summed E-state index contributed by atoms with van der Waals surface area (Å²) in [5.74, 6) is -1.63. The number of rotatable bonds is 4. The Kier molecular flexibility index (Phi) is 6.35. The van der Waals surface area contributed by atoms with Gasteiger partial charge in [0.2, 0.25) is 0 Å². The van der Waals surface area contributed by atoms with Crippen molar-refractivity contribution in [1.82, 2.24) is 10.7 Å². The Morgan fingerprint density at radius 3 is 2.46 bits per heavy atom. The first kappa shape index (κ1) is 18.0. The fraction of sp³-hybridized carbons (Fsp3) is 0.118. The van der Waals surface area contributed by atoms with Gasteiger partial charge in [-0.2, -0.15) is 5.10 Å². The summed E-state index contributed by atoms with van der Waals surface area (Å²) in [6.07, 6.45) is 1.34. The number of amides is 2. The van der Waals surface area contributed by atoms with E-state index in [1.165, 1.54) is 6.21 Å². The maximum absolute atomic E-state index is 11.8. The zero-order chi connectivity index (χ0) is 17.5. The summed E-state index contributed by atoms with van der Waals surface area (Å²) < 4.78 is 0. The second-order valence-electron chi connectivity index (χ2n) is 4.97. The van der Waals surface area contributed by atoms with E-state index in [-0.39, 0.29) is 6.04 Å². The molecule has 0 heterocycles. The number of carbonyl (C=O) groups is 2. The number of carbonyl (C=O) groups excluding carboxylic acids is 2. The lowest BCUT2D eigenvalue weighted by Gasteiger charge is -2.13. The molecule has 5 nitrogen and oxygen atoms in total. The van der Waals surface area contributed by atoms with Crippen LogP contribution in [0.15, 0.2) is 53.6 Å². The molecule has 124 valence electrons. The minimum absolute atomic E-state index is 0.292. The van der Waals surface area contributed by atoms with E-state index in [1.54, 1.807) is 25.1 Å². The van der Waals surface area contributed by atoms with Crippen LogP contribution in [0.4, 0.5) is 0 Å². The minimum Gasteiger partial charge on any atom is -0.341 e. The lowest BCUT2D eigenvalue weighted by molar-refractivity contribution is -0.139. The molecule has 0 unspecified atom stereocenters. The van der Waals surface area contributed by atoms with Gasteiger partial charge in [0.1, 0.15) is 0 Å². The van der Waals surface area contributed by atoms with Gasteiger partial charge in [0.15, 0.2) is 0 Å². The molecule has 0 radical (unpaired) electrons. The molecule has 0 aliphatic rings. The average molecular weight is 364 g/mol. The summed E-state index contributed by atoms with van der Waals surface area (Å²) in [7, 11) is 0. The van der Waals surface area contributed by atoms with E-state index >= 15 is 0 Å². The van der Waals surface area contributed by atoms with Gasteiger partial charge in [0, 0.05) is 10.6 Å². The SMILES string of the molecule is C[C@H](NC(=O)C(=O)N/N=C\c1ccc(Cl)cc1Cl)c1ccccc1. The van der Waals surface area contributed by atoms with Gasteiger partial charge < -0.3 is 5.32 Å². The first-order valence-electron chi connectivity index (χ1n) is 7.11. The average Bonchev–Trinajstić information content (AvgIpc) is 2.57. The standard InChI is InChI=1S/C17H15Cl2N3O2/c1-11(12-5-3-2-4-6-12)21-16(23)17(24)22-20-10-13-7-8-14(18)9-15(13)19/h2-11H,1H3,(H,21,23)(H,22,24)/b20-10-/t11-/m0/s1. The first-order chi connectivity index (χ1) is 11.5. The molecule has 0 spiro atoms. The highest BCUT2D eigenvalue weighted by Gasteiger charge is 2.16. The molecule has 0 aromatic heterocycles. The van der Waals surface area contributed by atoms with Crippen LogP contribution in [-0.4, -0.2) is 18.0 Å². The quantitative estimate of drug-likeness (QED) is 0.496. The van der Waals surface area contributed by atoms with Crippen molar-refractivity contribution in [3.8, 4) is 0 Å². The topological polar surface area (TPSA) is 70.6 Å². The molecule has 0 fully saturated rings. The van der Waals surface area contributed by atoms with Gasteiger partial charge >= 0.3 is 11.8 Å². The Bertz CT molecular complexity index is 764. The molecule has 0 aliphatic heterocycles. The minimum atomic E-state index is -0.862. The van der Waals surface area contributed by atoms with E-state index in [0.29, 0.717) is 15.6 Å². The summed E-state index contributed by atoms with van der Waals surface area (Å²) in [5.41, 5.74) is 3.62. The van der Waals surface area contributed by atoms with Crippen molar-refractivity contribution in [2.45, 2.75) is 13.0 Å². The number of nitrogens with one attached hydrogen (secondary N) is 2. The lowest BCUT2D eigenvalue weighted by Crippen LogP contribution is -2.39. The Hall–Kier alpha value is -2.37. The van der Waals surface area contributed by atoms with Crippen molar-refractivity contribution in [2.75, 3.05) is 0 Å². The van der Waals surface area contributed by atoms with Gasteiger partial charge in [-0.05, 0) is 24.6 Å². The molecule has 2 N–H and O–H groups in total. The van der Waals surface area contributed by atoms with E-state index < -0.39 is 11.8 Å². The van der Waals surface area contributed by atoms with Crippen molar-refractivity contribution in [3.63, 3.8) is 0 Å². The summed E-state index contributed by atoms with van der Waals surface area (Å²) in [6, 6.07) is 13.9. The second-order valence-corrected chi connectivity index (χ2v) is 5.81. The summed E-state index contributed by atoms with van der Waals surface area (Å²) in [5, 5.41) is 7.20. The third-order valence-corrected chi connectivity index (χ3v) is 3.75. The largest absolute Gasteiger partial charge is 0.341 e. The van der Waals surface area contributed by atoms with Crippen LogP contribution in [0.2, 0.25) is 10.0 Å². The van der Waals surface area contributed by atoms with E-state index in [4.69, 9.17) is 23.2 Å². The highest BCUT2D eigenvalue weighted by Crippen LogP contribution is 2.19. The molecule has 2 aromatic rings. The van der Waals surface area contributed by atoms with E-state index in [1.807, 2.05) is 30.3 Å². The van der Waals surface area contributed by atoms with Gasteiger partial charge in [-0.3, -0.25) is 9.59 Å². The normalized spacial score (nSPS) is 12.0. The second kappa shape index (κ2) is 8.47. The summed E-state index contributed by atoms with van der Waals surface area (Å²) in [4.78, 5) is 23.6. The number of hydrogen-bond donors (Lipinski definition) is 2. The smallest absolute Gasteiger partial charge is 0.329 e. The van der Waals surface area contributed by atoms with E-state index in [2.05, 4.69) is 15.8 Å². The molecular weight excluding hydrogens is 349 g/mol. The fourth-order valence-electron chi connectivity index (χ4n) is 1.90. The zero-order valence-electron chi connectivity index (χ0n) is 12.8. The highest BCUT2D eigenvalue weighted by molar-refractivity contribution is 6.36. The van der Waals surface area contributed by atoms with Crippen molar-refractivity contribution in [3.05, 3.63) is 69.7 Å². The highest BCUT2D eigenvalue weighted by atomic mass is 35.5. The van der Waals surface area contributed by atoms with Crippen LogP contribution < -0.4 is 10.7 Å². The van der Waals surface area contributed by atoms with Gasteiger partial charge in [0.05, 0.1) is 17.3 Å². The summed E-state index contributed by atoms with van der Waals surface area (Å²) >= 11 is 11.8. The number of benzene rings is 2. The molecule has 2 aromatic carbocycles. The molecule has 0 saturated carbocycles. The zero-order valence-corrected chi connectivity index (χ0v) is 14.3. The molecule has 0 saturated heterocycles. The predicted octanol–water partition coefficient (Wildman–Crippen LogP) is 3.32. The van der Waals surface area contributed by atoms with Gasteiger partial charge in [-0.15, -0.1) is 0 Å². The number of nitrogens with zero attached hydrogens (tertiary/aromatic N) is 1. The van der Waals surface area contributed by atoms with Crippen molar-refractivity contribution < 1.29 is 9.59 Å². The van der Waals surface area contributed by atoms with Crippen molar-refractivity contribution in [1.29, 1.82) is 0 Å². The molecule has 1 atom stereocenters. The summed E-state index contributed by atoms with van der Waals surface area (Å²) in [6.45, 7) is 1.79. The Morgan fingerprint density at radius 1 is 1.08 bits per heavy atom. The molecule has 2 amide bonds. The van der Waals surface area contributed by atoms with Crippen LogP contribution in [-0.2, 0) is 9.59 Å². The Morgan fingerprint density at radius 2 is 1.79 bits per heavy atom. The predicted molar refractivity (Wildman–Crippen MR) is 95.2 cm³/mol. The molecule has 0 bridgehead atoms.